The van der Waals surface area contributed by atoms with E-state index in [4.69, 9.17) is 16.3 Å². The van der Waals surface area contributed by atoms with Gasteiger partial charge in [0.1, 0.15) is 12.4 Å². The molecule has 1 aromatic rings. The number of hydrogen-bond acceptors (Lipinski definition) is 4. The molecular weight excluding hydrogens is 302 g/mol. The molecule has 0 radical (unpaired) electrons. The highest BCUT2D eigenvalue weighted by atomic mass is 35.5. The molecule has 0 aliphatic carbocycles. The lowest BCUT2D eigenvalue weighted by atomic mass is 10.3. The van der Waals surface area contributed by atoms with Crippen LogP contribution in [0.1, 0.15) is 6.42 Å². The van der Waals surface area contributed by atoms with Crippen LogP contribution in [0.25, 0.3) is 0 Å². The molecule has 2 rings (SSSR count). The molecule has 22 heavy (non-hydrogen) atoms. The number of rotatable bonds is 7. The Morgan fingerprint density at radius 2 is 2.14 bits per heavy atom. The molecule has 0 spiro atoms. The molecule has 0 saturated carbocycles. The number of ether oxygens (including phenoxy) is 1. The quantitative estimate of drug-likeness (QED) is 0.824. The molecule has 1 aliphatic rings. The van der Waals surface area contributed by atoms with Crippen molar-refractivity contribution in [3.8, 4) is 5.75 Å². The van der Waals surface area contributed by atoms with Gasteiger partial charge in [0.15, 0.2) is 0 Å². The first kappa shape index (κ1) is 17.1. The van der Waals surface area contributed by atoms with Crippen molar-refractivity contribution in [2.75, 3.05) is 52.9 Å². The largest absolute Gasteiger partial charge is 0.492 e. The second-order valence-electron chi connectivity index (χ2n) is 5.49. The molecule has 0 bridgehead atoms. The third-order valence-corrected chi connectivity index (χ3v) is 3.95. The van der Waals surface area contributed by atoms with E-state index in [1.807, 2.05) is 30.1 Å². The van der Waals surface area contributed by atoms with Crippen LogP contribution in [-0.4, -0.2) is 68.6 Å². The monoisotopic (exact) mass is 325 g/mol. The summed E-state index contributed by atoms with van der Waals surface area (Å²) in [4.78, 5) is 16.1. The Hall–Kier alpha value is -1.30. The number of halogens is 1. The van der Waals surface area contributed by atoms with E-state index in [0.717, 1.165) is 45.0 Å². The Morgan fingerprint density at radius 3 is 2.86 bits per heavy atom. The minimum Gasteiger partial charge on any atom is -0.492 e. The Balaban J connectivity index is 1.61. The molecule has 6 heteroatoms. The summed E-state index contributed by atoms with van der Waals surface area (Å²) in [5, 5.41) is 3.93. The summed E-state index contributed by atoms with van der Waals surface area (Å²) >= 11 is 5.91. The van der Waals surface area contributed by atoms with E-state index in [1.165, 1.54) is 0 Å². The predicted molar refractivity (Wildman–Crippen MR) is 88.5 cm³/mol. The maximum absolute atomic E-state index is 12.1. The van der Waals surface area contributed by atoms with Gasteiger partial charge in [-0.25, -0.2) is 0 Å². The summed E-state index contributed by atoms with van der Waals surface area (Å²) in [6.07, 6.45) is 0.563. The lowest BCUT2D eigenvalue weighted by Crippen LogP contribution is -2.47. The lowest BCUT2D eigenvalue weighted by molar-refractivity contribution is -0.132. The molecule has 1 amide bonds. The highest BCUT2D eigenvalue weighted by Crippen LogP contribution is 2.16. The number of likely N-dealkylation sites (N-methyl/N-ethyl adjacent to an activating group) is 1. The Labute approximate surface area is 137 Å². The fourth-order valence-electron chi connectivity index (χ4n) is 2.35. The van der Waals surface area contributed by atoms with Crippen LogP contribution < -0.4 is 10.1 Å². The minimum atomic E-state index is 0.240. The number of nitrogens with one attached hydrogen (secondary N) is 1. The Kier molecular flexibility index (Phi) is 6.96. The molecule has 1 aromatic carbocycles. The Morgan fingerprint density at radius 1 is 1.36 bits per heavy atom. The van der Waals surface area contributed by atoms with E-state index < -0.39 is 0 Å². The third kappa shape index (κ3) is 5.83. The maximum Gasteiger partial charge on any atom is 0.223 e. The molecule has 122 valence electrons. The van der Waals surface area contributed by atoms with Crippen molar-refractivity contribution in [3.63, 3.8) is 0 Å². The van der Waals surface area contributed by atoms with E-state index in [9.17, 15) is 4.79 Å². The van der Waals surface area contributed by atoms with E-state index in [2.05, 4.69) is 10.2 Å². The van der Waals surface area contributed by atoms with Crippen molar-refractivity contribution in [1.29, 1.82) is 0 Å². The number of carbonyl (C=O) groups is 1. The molecule has 0 atom stereocenters. The van der Waals surface area contributed by atoms with E-state index in [0.29, 0.717) is 18.1 Å². The number of hydrogen-bond donors (Lipinski definition) is 1. The summed E-state index contributed by atoms with van der Waals surface area (Å²) in [6.45, 7) is 5.55. The van der Waals surface area contributed by atoms with Crippen molar-refractivity contribution in [2.24, 2.45) is 0 Å². The smallest absolute Gasteiger partial charge is 0.223 e. The van der Waals surface area contributed by atoms with Gasteiger partial charge in [-0.05, 0) is 25.2 Å². The van der Waals surface area contributed by atoms with Crippen molar-refractivity contribution < 1.29 is 9.53 Å². The summed E-state index contributed by atoms with van der Waals surface area (Å²) in [7, 11) is 2.01. The Bertz CT molecular complexity index is 478. The van der Waals surface area contributed by atoms with Crippen LogP contribution in [0.15, 0.2) is 24.3 Å². The highest BCUT2D eigenvalue weighted by Gasteiger charge is 2.16. The van der Waals surface area contributed by atoms with Crippen LogP contribution in [0.5, 0.6) is 5.75 Å². The summed E-state index contributed by atoms with van der Waals surface area (Å²) in [5.74, 6) is 1.02. The average Bonchev–Trinajstić information content (AvgIpc) is 2.53. The summed E-state index contributed by atoms with van der Waals surface area (Å²) in [6, 6.07) is 7.38. The van der Waals surface area contributed by atoms with Crippen LogP contribution in [0.2, 0.25) is 5.02 Å². The molecule has 0 unspecified atom stereocenters. The van der Waals surface area contributed by atoms with Crippen LogP contribution in [0.3, 0.4) is 0 Å². The van der Waals surface area contributed by atoms with Crippen LogP contribution in [-0.2, 0) is 4.79 Å². The zero-order valence-electron chi connectivity index (χ0n) is 13.1. The standard InChI is InChI=1S/C16H24ClN3O2/c1-19(8-5-16(21)20-9-6-18-7-10-20)11-12-22-15-4-2-3-14(17)13-15/h2-4,13,18H,5-12H2,1H3. The molecular formula is C16H24ClN3O2. The molecule has 1 heterocycles. The fraction of sp³-hybridized carbons (Fsp3) is 0.562. The second kappa shape index (κ2) is 8.98. The average molecular weight is 326 g/mol. The van der Waals surface area contributed by atoms with E-state index in [-0.39, 0.29) is 5.91 Å². The number of nitrogens with zero attached hydrogens (tertiary/aromatic N) is 2. The van der Waals surface area contributed by atoms with Crippen LogP contribution in [0.4, 0.5) is 0 Å². The first-order chi connectivity index (χ1) is 10.6. The topological polar surface area (TPSA) is 44.8 Å². The third-order valence-electron chi connectivity index (χ3n) is 3.71. The van der Waals surface area contributed by atoms with Crippen LogP contribution >= 0.6 is 11.6 Å². The van der Waals surface area contributed by atoms with Gasteiger partial charge < -0.3 is 19.9 Å². The number of benzene rings is 1. The molecule has 1 N–H and O–H groups in total. The van der Waals surface area contributed by atoms with E-state index >= 15 is 0 Å². The van der Waals surface area contributed by atoms with Gasteiger partial charge in [0, 0.05) is 50.7 Å². The van der Waals surface area contributed by atoms with Gasteiger partial charge in [-0.2, -0.15) is 0 Å². The normalized spacial score (nSPS) is 15.1. The first-order valence-electron chi connectivity index (χ1n) is 7.70. The van der Waals surface area contributed by atoms with Crippen molar-refractivity contribution in [3.05, 3.63) is 29.3 Å². The summed E-state index contributed by atoms with van der Waals surface area (Å²) in [5.41, 5.74) is 0. The zero-order chi connectivity index (χ0) is 15.8. The van der Waals surface area contributed by atoms with Gasteiger partial charge >= 0.3 is 0 Å². The van der Waals surface area contributed by atoms with Gasteiger partial charge in [0.05, 0.1) is 0 Å². The number of carbonyl (C=O) groups excluding carboxylic acids is 1. The van der Waals surface area contributed by atoms with Crippen molar-refractivity contribution in [1.82, 2.24) is 15.1 Å². The SMILES string of the molecule is CN(CCOc1cccc(Cl)c1)CCC(=O)N1CCNCC1. The van der Waals surface area contributed by atoms with Gasteiger partial charge in [-0.15, -0.1) is 0 Å². The molecule has 5 nitrogen and oxygen atoms in total. The van der Waals surface area contributed by atoms with E-state index in [1.54, 1.807) is 6.07 Å². The first-order valence-corrected chi connectivity index (χ1v) is 8.08. The van der Waals surface area contributed by atoms with Crippen molar-refractivity contribution in [2.45, 2.75) is 6.42 Å². The van der Waals surface area contributed by atoms with Crippen molar-refractivity contribution >= 4 is 17.5 Å². The van der Waals surface area contributed by atoms with Crippen LogP contribution in [0, 0.1) is 0 Å². The zero-order valence-corrected chi connectivity index (χ0v) is 13.8. The second-order valence-corrected chi connectivity index (χ2v) is 5.93. The molecule has 1 saturated heterocycles. The van der Waals surface area contributed by atoms with Gasteiger partial charge in [-0.3, -0.25) is 4.79 Å². The lowest BCUT2D eigenvalue weighted by Gasteiger charge is -2.28. The fourth-order valence-corrected chi connectivity index (χ4v) is 2.53. The number of amides is 1. The molecule has 1 fully saturated rings. The predicted octanol–water partition coefficient (Wildman–Crippen LogP) is 1.47. The maximum atomic E-state index is 12.1. The van der Waals surface area contributed by atoms with Gasteiger partial charge in [0.2, 0.25) is 5.91 Å². The molecule has 0 aromatic heterocycles. The number of piperazine rings is 1. The molecule has 1 aliphatic heterocycles. The van der Waals surface area contributed by atoms with Gasteiger partial charge in [0.25, 0.3) is 0 Å². The minimum absolute atomic E-state index is 0.240. The summed E-state index contributed by atoms with van der Waals surface area (Å²) < 4.78 is 5.65. The van der Waals surface area contributed by atoms with Gasteiger partial charge in [-0.1, -0.05) is 17.7 Å². The highest BCUT2D eigenvalue weighted by molar-refractivity contribution is 6.30.